The minimum absolute atomic E-state index is 0.143. The number of allylic oxidation sites excluding steroid dienone is 5. The van der Waals surface area contributed by atoms with Crippen molar-refractivity contribution in [3.05, 3.63) is 64.1 Å². The predicted molar refractivity (Wildman–Crippen MR) is 133 cm³/mol. The van der Waals surface area contributed by atoms with Gasteiger partial charge in [0.05, 0.1) is 11.4 Å². The second-order valence-corrected chi connectivity index (χ2v) is 9.24. The van der Waals surface area contributed by atoms with Gasteiger partial charge in [-0.25, -0.2) is 13.8 Å². The van der Waals surface area contributed by atoms with Gasteiger partial charge in [-0.2, -0.15) is 14.9 Å². The molecule has 0 amide bonds. The highest BCUT2D eigenvalue weighted by atomic mass is 35.5. The third-order valence-corrected chi connectivity index (χ3v) is 6.89. The van der Waals surface area contributed by atoms with Crippen molar-refractivity contribution in [3.8, 4) is 6.07 Å². The third kappa shape index (κ3) is 4.17. The van der Waals surface area contributed by atoms with Crippen LogP contribution < -0.4 is 4.90 Å². The number of fused-ring (bicyclic) bond motifs is 1. The zero-order valence-corrected chi connectivity index (χ0v) is 20.0. The van der Waals surface area contributed by atoms with Crippen LogP contribution in [0.5, 0.6) is 0 Å². The maximum Gasteiger partial charge on any atom is 0.283 e. The Balaban J connectivity index is 1.67. The van der Waals surface area contributed by atoms with Gasteiger partial charge in [-0.05, 0) is 51.1 Å². The fourth-order valence-corrected chi connectivity index (χ4v) is 5.04. The molecule has 5 rings (SSSR count). The van der Waals surface area contributed by atoms with Crippen LogP contribution >= 0.6 is 11.6 Å². The maximum atomic E-state index is 13.8. The third-order valence-electron chi connectivity index (χ3n) is 6.65. The zero-order valence-electron chi connectivity index (χ0n) is 19.3. The molecule has 1 aliphatic carbocycles. The molecule has 0 radical (unpaired) electrons. The van der Waals surface area contributed by atoms with E-state index in [2.05, 4.69) is 31.5 Å². The van der Waals surface area contributed by atoms with E-state index in [1.165, 1.54) is 23.6 Å². The molecule has 2 fully saturated rings. The van der Waals surface area contributed by atoms with E-state index in [4.69, 9.17) is 11.6 Å². The van der Waals surface area contributed by atoms with E-state index in [9.17, 15) is 14.0 Å². The standard InChI is InChI=1S/C25H24ClF2N7/c1-3-30-21-11-17(26)7-6-16(21)10-19-15(2)31-24-20(12-29)22(23(27)28)32-35(24)25(19)34-13-18(14-34)33-8-4-5-9-33/h3,6-7,10-11,18,23H,1,4-5,8-9,13-14H2,2H3/b16-10+,30-21?. The summed E-state index contributed by atoms with van der Waals surface area (Å²) in [5, 5.41) is 14.3. The van der Waals surface area contributed by atoms with Gasteiger partial charge >= 0.3 is 0 Å². The summed E-state index contributed by atoms with van der Waals surface area (Å²) in [4.78, 5) is 13.5. The van der Waals surface area contributed by atoms with Crippen LogP contribution in [-0.4, -0.2) is 57.4 Å². The van der Waals surface area contributed by atoms with Crippen LogP contribution in [0.2, 0.25) is 0 Å². The Hall–Kier alpha value is -3.35. The minimum Gasteiger partial charge on any atom is -0.353 e. The molecule has 10 heteroatoms. The molecule has 2 aromatic rings. The van der Waals surface area contributed by atoms with Gasteiger partial charge in [0.25, 0.3) is 6.43 Å². The van der Waals surface area contributed by atoms with E-state index in [-0.39, 0.29) is 11.2 Å². The lowest BCUT2D eigenvalue weighted by Gasteiger charge is -2.45. The number of likely N-dealkylation sites (tertiary alicyclic amines) is 1. The molecule has 0 unspecified atom stereocenters. The second kappa shape index (κ2) is 9.36. The van der Waals surface area contributed by atoms with Gasteiger partial charge in [-0.15, -0.1) is 0 Å². The van der Waals surface area contributed by atoms with Gasteiger partial charge in [-0.1, -0.05) is 24.3 Å². The number of hydrogen-bond donors (Lipinski definition) is 0. The Morgan fingerprint density at radius 1 is 1.29 bits per heavy atom. The number of halogens is 3. The first kappa shape index (κ1) is 23.4. The zero-order chi connectivity index (χ0) is 24.7. The van der Waals surface area contributed by atoms with Crippen molar-refractivity contribution in [2.45, 2.75) is 32.2 Å². The molecule has 0 bridgehead atoms. The number of aryl methyl sites for hydroxylation is 1. The largest absolute Gasteiger partial charge is 0.353 e. The molecule has 0 atom stereocenters. The summed E-state index contributed by atoms with van der Waals surface area (Å²) in [6.07, 6.45) is 8.21. The van der Waals surface area contributed by atoms with Gasteiger partial charge < -0.3 is 4.90 Å². The first-order valence-electron chi connectivity index (χ1n) is 11.5. The molecule has 3 aliphatic rings. The summed E-state index contributed by atoms with van der Waals surface area (Å²) < 4.78 is 28.9. The fourth-order valence-electron chi connectivity index (χ4n) is 4.88. The number of anilines is 1. The van der Waals surface area contributed by atoms with Crippen molar-refractivity contribution in [3.63, 3.8) is 0 Å². The van der Waals surface area contributed by atoms with Crippen molar-refractivity contribution in [2.75, 3.05) is 31.1 Å². The average molecular weight is 496 g/mol. The van der Waals surface area contributed by atoms with E-state index in [1.807, 2.05) is 25.1 Å². The topological polar surface area (TPSA) is 72.8 Å². The van der Waals surface area contributed by atoms with E-state index < -0.39 is 12.1 Å². The minimum atomic E-state index is -2.88. The quantitative estimate of drug-likeness (QED) is 0.596. The summed E-state index contributed by atoms with van der Waals surface area (Å²) in [5.74, 6) is 0.644. The summed E-state index contributed by atoms with van der Waals surface area (Å²) in [6.45, 7) is 9.14. The summed E-state index contributed by atoms with van der Waals surface area (Å²) in [5.41, 5.74) is 2.14. The second-order valence-electron chi connectivity index (χ2n) is 8.80. The predicted octanol–water partition coefficient (Wildman–Crippen LogP) is 4.79. The van der Waals surface area contributed by atoms with Crippen LogP contribution in [0.4, 0.5) is 14.6 Å². The van der Waals surface area contributed by atoms with Gasteiger partial charge in [-0.3, -0.25) is 9.89 Å². The Bertz CT molecular complexity index is 1350. The summed E-state index contributed by atoms with van der Waals surface area (Å²) >= 11 is 6.17. The molecule has 0 N–H and O–H groups in total. The van der Waals surface area contributed by atoms with Crippen LogP contribution in [0, 0.1) is 18.3 Å². The number of aliphatic imine (C=N–C) groups is 1. The van der Waals surface area contributed by atoms with Crippen molar-refractivity contribution in [1.82, 2.24) is 19.5 Å². The normalized spacial score (nSPS) is 21.3. The number of nitriles is 1. The van der Waals surface area contributed by atoms with E-state index >= 15 is 0 Å². The van der Waals surface area contributed by atoms with Crippen LogP contribution in [0.25, 0.3) is 11.7 Å². The molecular weight excluding hydrogens is 472 g/mol. The van der Waals surface area contributed by atoms with E-state index in [0.717, 1.165) is 37.3 Å². The number of aromatic nitrogens is 3. The monoisotopic (exact) mass is 495 g/mol. The highest BCUT2D eigenvalue weighted by Gasteiger charge is 2.37. The number of alkyl halides is 2. The molecule has 0 aromatic carbocycles. The van der Waals surface area contributed by atoms with Crippen molar-refractivity contribution >= 4 is 34.9 Å². The number of rotatable bonds is 5. The molecule has 0 spiro atoms. The highest BCUT2D eigenvalue weighted by molar-refractivity contribution is 6.35. The van der Waals surface area contributed by atoms with Crippen molar-refractivity contribution < 1.29 is 8.78 Å². The lowest BCUT2D eigenvalue weighted by Crippen LogP contribution is -2.59. The smallest absolute Gasteiger partial charge is 0.283 e. The molecule has 2 aromatic heterocycles. The molecule has 2 aliphatic heterocycles. The fraction of sp³-hybridized carbons (Fsp3) is 0.360. The summed E-state index contributed by atoms with van der Waals surface area (Å²) in [6, 6.07) is 2.28. The molecule has 35 heavy (non-hydrogen) atoms. The Morgan fingerprint density at radius 2 is 2.03 bits per heavy atom. The lowest BCUT2D eigenvalue weighted by molar-refractivity contribution is 0.145. The Kier molecular flexibility index (Phi) is 6.26. The first-order valence-corrected chi connectivity index (χ1v) is 11.9. The lowest BCUT2D eigenvalue weighted by atomic mass is 10.00. The van der Waals surface area contributed by atoms with Crippen molar-refractivity contribution in [1.29, 1.82) is 5.26 Å². The van der Waals surface area contributed by atoms with Gasteiger partial charge in [0.1, 0.15) is 23.1 Å². The average Bonchev–Trinajstić information content (AvgIpc) is 3.44. The summed E-state index contributed by atoms with van der Waals surface area (Å²) in [7, 11) is 0. The van der Waals surface area contributed by atoms with E-state index in [0.29, 0.717) is 28.3 Å². The Labute approximate surface area is 207 Å². The van der Waals surface area contributed by atoms with E-state index in [1.54, 1.807) is 12.2 Å². The SMILES string of the molecule is C=CN=C1C=C(Cl)C=C/C1=C\c1c(C)nc2c(C#N)c(C(F)F)nn2c1N1CC(N2CCCC2)C1. The first-order chi connectivity index (χ1) is 16.9. The van der Waals surface area contributed by atoms with Crippen LogP contribution in [-0.2, 0) is 0 Å². The molecule has 7 nitrogen and oxygen atoms in total. The number of hydrogen-bond acceptors (Lipinski definition) is 6. The van der Waals surface area contributed by atoms with Crippen LogP contribution in [0.1, 0.15) is 41.8 Å². The molecule has 0 saturated carbocycles. The molecular formula is C25H24ClF2N7. The molecule has 2 saturated heterocycles. The highest BCUT2D eigenvalue weighted by Crippen LogP contribution is 2.35. The van der Waals surface area contributed by atoms with Crippen LogP contribution in [0.3, 0.4) is 0 Å². The molecule has 4 heterocycles. The maximum absolute atomic E-state index is 13.8. The Morgan fingerprint density at radius 3 is 2.69 bits per heavy atom. The molecule has 180 valence electrons. The van der Waals surface area contributed by atoms with Gasteiger partial charge in [0.15, 0.2) is 5.65 Å². The van der Waals surface area contributed by atoms with Crippen LogP contribution in [0.15, 0.2) is 46.6 Å². The van der Waals surface area contributed by atoms with Crippen molar-refractivity contribution in [2.24, 2.45) is 4.99 Å². The number of nitrogens with zero attached hydrogens (tertiary/aromatic N) is 7. The van der Waals surface area contributed by atoms with Gasteiger partial charge in [0.2, 0.25) is 0 Å². The van der Waals surface area contributed by atoms with Gasteiger partial charge in [0, 0.05) is 41.5 Å².